The van der Waals surface area contributed by atoms with Gasteiger partial charge < -0.3 is 14.8 Å². The number of benzene rings is 1. The normalized spacial score (nSPS) is 16.5. The molecule has 1 fully saturated rings. The number of hydrogen-bond acceptors (Lipinski definition) is 3. The Balaban J connectivity index is 1.63. The van der Waals surface area contributed by atoms with Crippen LogP contribution >= 0.6 is 11.6 Å². The van der Waals surface area contributed by atoms with Gasteiger partial charge in [-0.05, 0) is 18.2 Å². The maximum Gasteiger partial charge on any atom is 0.223 e. The minimum Gasteiger partial charge on any atom is -0.493 e. The van der Waals surface area contributed by atoms with Crippen molar-refractivity contribution >= 4 is 17.5 Å². The first-order chi connectivity index (χ1) is 9.07. The molecule has 1 saturated heterocycles. The second-order valence-corrected chi connectivity index (χ2v) is 5.57. The highest BCUT2D eigenvalue weighted by Crippen LogP contribution is 2.25. The topological polar surface area (TPSA) is 47.6 Å². The minimum atomic E-state index is -0.00449. The Labute approximate surface area is 118 Å². The van der Waals surface area contributed by atoms with Crippen LogP contribution in [0.25, 0.3) is 0 Å². The molecule has 0 spiro atoms. The molecule has 19 heavy (non-hydrogen) atoms. The number of halogens is 1. The molecule has 1 N–H and O–H groups in total. The summed E-state index contributed by atoms with van der Waals surface area (Å²) in [7, 11) is 0. The van der Waals surface area contributed by atoms with Crippen LogP contribution in [-0.2, 0) is 9.53 Å². The van der Waals surface area contributed by atoms with Gasteiger partial charge in [0, 0.05) is 17.0 Å². The lowest BCUT2D eigenvalue weighted by atomic mass is 9.89. The van der Waals surface area contributed by atoms with E-state index in [1.54, 1.807) is 12.1 Å². The predicted octanol–water partition coefficient (Wildman–Crippen LogP) is 2.26. The quantitative estimate of drug-likeness (QED) is 0.871. The van der Waals surface area contributed by atoms with Crippen molar-refractivity contribution in [2.45, 2.75) is 13.3 Å². The zero-order valence-corrected chi connectivity index (χ0v) is 11.7. The first-order valence-corrected chi connectivity index (χ1v) is 6.68. The standard InChI is InChI=1S/C14H18ClNO3/c1-14(9-18-10-14)8-16-13(17)5-6-19-12-4-2-3-11(15)7-12/h2-4,7H,5-6,8-10H2,1H3,(H,16,17). The summed E-state index contributed by atoms with van der Waals surface area (Å²) in [5.41, 5.74) is 0.101. The van der Waals surface area contributed by atoms with E-state index in [-0.39, 0.29) is 11.3 Å². The van der Waals surface area contributed by atoms with Gasteiger partial charge in [-0.25, -0.2) is 0 Å². The fraction of sp³-hybridized carbons (Fsp3) is 0.500. The largest absolute Gasteiger partial charge is 0.493 e. The average molecular weight is 284 g/mol. The summed E-state index contributed by atoms with van der Waals surface area (Å²) in [6.07, 6.45) is 0.337. The molecule has 0 saturated carbocycles. The van der Waals surface area contributed by atoms with Gasteiger partial charge in [0.1, 0.15) is 5.75 Å². The molecule has 0 unspecified atom stereocenters. The Morgan fingerprint density at radius 1 is 1.53 bits per heavy atom. The van der Waals surface area contributed by atoms with Crippen LogP contribution in [0.2, 0.25) is 5.02 Å². The van der Waals surface area contributed by atoms with E-state index in [0.717, 1.165) is 0 Å². The summed E-state index contributed by atoms with van der Waals surface area (Å²) in [6, 6.07) is 7.14. The SMILES string of the molecule is CC1(CNC(=O)CCOc2cccc(Cl)c2)COC1. The third kappa shape index (κ3) is 4.40. The Morgan fingerprint density at radius 3 is 2.95 bits per heavy atom. The lowest BCUT2D eigenvalue weighted by Crippen LogP contribution is -2.48. The summed E-state index contributed by atoms with van der Waals surface area (Å²) >= 11 is 5.84. The Hall–Kier alpha value is -1.26. The van der Waals surface area contributed by atoms with Crippen LogP contribution in [0.4, 0.5) is 0 Å². The Kier molecular flexibility index (Phi) is 4.66. The highest BCUT2D eigenvalue weighted by atomic mass is 35.5. The van der Waals surface area contributed by atoms with Crippen molar-refractivity contribution in [1.82, 2.24) is 5.32 Å². The molecule has 1 aromatic carbocycles. The first-order valence-electron chi connectivity index (χ1n) is 6.30. The smallest absolute Gasteiger partial charge is 0.223 e. The summed E-state index contributed by atoms with van der Waals surface area (Å²) in [5.74, 6) is 0.676. The zero-order chi connectivity index (χ0) is 13.7. The molecule has 1 amide bonds. The van der Waals surface area contributed by atoms with Crippen LogP contribution in [0, 0.1) is 5.41 Å². The van der Waals surface area contributed by atoms with Gasteiger partial charge in [-0.15, -0.1) is 0 Å². The van der Waals surface area contributed by atoms with Gasteiger partial charge in [0.2, 0.25) is 5.91 Å². The van der Waals surface area contributed by atoms with Gasteiger partial charge in [0.05, 0.1) is 26.2 Å². The van der Waals surface area contributed by atoms with E-state index in [1.165, 1.54) is 0 Å². The van der Waals surface area contributed by atoms with E-state index < -0.39 is 0 Å². The van der Waals surface area contributed by atoms with Crippen LogP contribution in [0.1, 0.15) is 13.3 Å². The average Bonchev–Trinajstić information content (AvgIpc) is 2.34. The lowest BCUT2D eigenvalue weighted by molar-refractivity contribution is -0.127. The molecule has 5 heteroatoms. The molecule has 1 aliphatic heterocycles. The summed E-state index contributed by atoms with van der Waals surface area (Å²) in [4.78, 5) is 11.6. The molecule has 0 aliphatic carbocycles. The molecule has 2 rings (SSSR count). The van der Waals surface area contributed by atoms with Crippen LogP contribution in [0.3, 0.4) is 0 Å². The molecule has 0 atom stereocenters. The molecular weight excluding hydrogens is 266 g/mol. The van der Waals surface area contributed by atoms with E-state index in [2.05, 4.69) is 12.2 Å². The van der Waals surface area contributed by atoms with Crippen molar-refractivity contribution < 1.29 is 14.3 Å². The van der Waals surface area contributed by atoms with E-state index in [1.807, 2.05) is 12.1 Å². The third-order valence-electron chi connectivity index (χ3n) is 3.01. The van der Waals surface area contributed by atoms with Crippen molar-refractivity contribution in [3.63, 3.8) is 0 Å². The summed E-state index contributed by atoms with van der Waals surface area (Å²) < 4.78 is 10.6. The van der Waals surface area contributed by atoms with Crippen LogP contribution in [0.15, 0.2) is 24.3 Å². The highest BCUT2D eigenvalue weighted by Gasteiger charge is 2.33. The number of hydrogen-bond donors (Lipinski definition) is 1. The van der Waals surface area contributed by atoms with E-state index in [4.69, 9.17) is 21.1 Å². The van der Waals surface area contributed by atoms with Crippen molar-refractivity contribution in [1.29, 1.82) is 0 Å². The molecule has 1 aromatic rings. The number of amides is 1. The zero-order valence-electron chi connectivity index (χ0n) is 10.9. The van der Waals surface area contributed by atoms with Crippen LogP contribution in [0.5, 0.6) is 5.75 Å². The monoisotopic (exact) mass is 283 g/mol. The number of ether oxygens (including phenoxy) is 2. The second-order valence-electron chi connectivity index (χ2n) is 5.14. The fourth-order valence-electron chi connectivity index (χ4n) is 1.77. The van der Waals surface area contributed by atoms with Gasteiger partial charge in [0.15, 0.2) is 0 Å². The van der Waals surface area contributed by atoms with E-state index >= 15 is 0 Å². The molecule has 0 radical (unpaired) electrons. The number of carbonyl (C=O) groups is 1. The maximum atomic E-state index is 11.6. The second kappa shape index (κ2) is 6.26. The lowest BCUT2D eigenvalue weighted by Gasteiger charge is -2.38. The Morgan fingerprint density at radius 2 is 2.32 bits per heavy atom. The molecular formula is C14H18ClNO3. The summed E-state index contributed by atoms with van der Waals surface area (Å²) in [6.45, 7) is 4.53. The van der Waals surface area contributed by atoms with Gasteiger partial charge in [-0.1, -0.05) is 24.6 Å². The van der Waals surface area contributed by atoms with Gasteiger partial charge in [-0.3, -0.25) is 4.79 Å². The van der Waals surface area contributed by atoms with Gasteiger partial charge in [-0.2, -0.15) is 0 Å². The molecule has 1 aliphatic rings. The van der Waals surface area contributed by atoms with Crippen LogP contribution < -0.4 is 10.1 Å². The maximum absolute atomic E-state index is 11.6. The van der Waals surface area contributed by atoms with E-state index in [9.17, 15) is 4.79 Å². The number of carbonyl (C=O) groups excluding carboxylic acids is 1. The number of nitrogens with one attached hydrogen (secondary N) is 1. The molecule has 0 bridgehead atoms. The van der Waals surface area contributed by atoms with E-state index in [0.29, 0.717) is 43.6 Å². The molecule has 4 nitrogen and oxygen atoms in total. The fourth-order valence-corrected chi connectivity index (χ4v) is 1.95. The first kappa shape index (κ1) is 14.2. The van der Waals surface area contributed by atoms with Gasteiger partial charge >= 0.3 is 0 Å². The van der Waals surface area contributed by atoms with Crippen LogP contribution in [-0.4, -0.2) is 32.3 Å². The Bertz CT molecular complexity index is 446. The van der Waals surface area contributed by atoms with Crippen molar-refractivity contribution in [2.75, 3.05) is 26.4 Å². The molecule has 104 valence electrons. The van der Waals surface area contributed by atoms with Crippen molar-refractivity contribution in [3.8, 4) is 5.75 Å². The van der Waals surface area contributed by atoms with Crippen molar-refractivity contribution in [2.24, 2.45) is 5.41 Å². The summed E-state index contributed by atoms with van der Waals surface area (Å²) in [5, 5.41) is 3.52. The molecule has 1 heterocycles. The van der Waals surface area contributed by atoms with Gasteiger partial charge in [0.25, 0.3) is 0 Å². The number of rotatable bonds is 6. The highest BCUT2D eigenvalue weighted by molar-refractivity contribution is 6.30. The minimum absolute atomic E-state index is 0.00449. The predicted molar refractivity (Wildman–Crippen MR) is 73.5 cm³/mol. The van der Waals surface area contributed by atoms with Crippen molar-refractivity contribution in [3.05, 3.63) is 29.3 Å². The molecule has 0 aromatic heterocycles. The third-order valence-corrected chi connectivity index (χ3v) is 3.24.